The van der Waals surface area contributed by atoms with E-state index >= 15 is 0 Å². The van der Waals surface area contributed by atoms with E-state index in [1.165, 1.54) is 5.56 Å². The molecule has 208 valence electrons. The minimum atomic E-state index is -0.0729. The first-order valence-electron chi connectivity index (χ1n) is 13.5. The van der Waals surface area contributed by atoms with Crippen molar-refractivity contribution in [1.82, 2.24) is 14.8 Å². The summed E-state index contributed by atoms with van der Waals surface area (Å²) < 4.78 is 16.4. The minimum absolute atomic E-state index is 0.0729. The van der Waals surface area contributed by atoms with Gasteiger partial charge in [0.25, 0.3) is 5.91 Å². The molecule has 1 fully saturated rings. The molecular formula is C32H36N4O4. The number of methoxy groups -OCH3 is 3. The Morgan fingerprint density at radius 1 is 0.825 bits per heavy atom. The first kappa shape index (κ1) is 27.3. The third-order valence-corrected chi connectivity index (χ3v) is 7.37. The maximum absolute atomic E-state index is 13.9. The van der Waals surface area contributed by atoms with E-state index in [0.29, 0.717) is 29.4 Å². The fourth-order valence-corrected chi connectivity index (χ4v) is 5.26. The Labute approximate surface area is 235 Å². The van der Waals surface area contributed by atoms with Crippen molar-refractivity contribution >= 4 is 22.6 Å². The molecule has 0 radical (unpaired) electrons. The van der Waals surface area contributed by atoms with E-state index in [9.17, 15) is 4.79 Å². The van der Waals surface area contributed by atoms with Crippen LogP contribution in [0.1, 0.15) is 21.5 Å². The van der Waals surface area contributed by atoms with Crippen LogP contribution in [0.2, 0.25) is 0 Å². The molecule has 1 aliphatic rings. The van der Waals surface area contributed by atoms with Crippen LogP contribution in [0, 0.1) is 0 Å². The average molecular weight is 541 g/mol. The van der Waals surface area contributed by atoms with Crippen LogP contribution in [-0.4, -0.2) is 75.2 Å². The van der Waals surface area contributed by atoms with E-state index in [4.69, 9.17) is 19.2 Å². The van der Waals surface area contributed by atoms with Gasteiger partial charge in [0.2, 0.25) is 5.75 Å². The van der Waals surface area contributed by atoms with Gasteiger partial charge in [-0.1, -0.05) is 48.5 Å². The Hall–Kier alpha value is -4.30. The summed E-state index contributed by atoms with van der Waals surface area (Å²) in [6, 6.07) is 24.1. The number of benzene rings is 3. The van der Waals surface area contributed by atoms with Gasteiger partial charge in [-0.2, -0.15) is 0 Å². The third kappa shape index (κ3) is 5.82. The molecular weight excluding hydrogens is 504 g/mol. The van der Waals surface area contributed by atoms with E-state index in [1.807, 2.05) is 55.6 Å². The molecule has 1 amide bonds. The molecule has 0 aliphatic carbocycles. The van der Waals surface area contributed by atoms with Crippen molar-refractivity contribution < 1.29 is 19.0 Å². The molecule has 4 aromatic rings. The molecule has 0 spiro atoms. The van der Waals surface area contributed by atoms with Crippen molar-refractivity contribution in [1.29, 1.82) is 0 Å². The summed E-state index contributed by atoms with van der Waals surface area (Å²) in [4.78, 5) is 25.3. The average Bonchev–Trinajstić information content (AvgIpc) is 3.00. The molecule has 1 aliphatic heterocycles. The van der Waals surface area contributed by atoms with Gasteiger partial charge in [-0.25, -0.2) is 4.98 Å². The van der Waals surface area contributed by atoms with E-state index in [-0.39, 0.29) is 5.91 Å². The number of aromatic nitrogens is 1. The summed E-state index contributed by atoms with van der Waals surface area (Å²) in [5, 5.41) is 0.843. The lowest BCUT2D eigenvalue weighted by atomic mass is 10.1. The van der Waals surface area contributed by atoms with E-state index in [0.717, 1.165) is 55.0 Å². The van der Waals surface area contributed by atoms with Gasteiger partial charge in [0.1, 0.15) is 5.82 Å². The van der Waals surface area contributed by atoms with Gasteiger partial charge in [0.15, 0.2) is 11.5 Å². The summed E-state index contributed by atoms with van der Waals surface area (Å²) in [5.74, 6) is 2.40. The topological polar surface area (TPSA) is 67.4 Å². The molecule has 40 heavy (non-hydrogen) atoms. The molecule has 3 aromatic carbocycles. The Morgan fingerprint density at radius 3 is 2.12 bits per heavy atom. The van der Waals surface area contributed by atoms with Crippen molar-refractivity contribution in [3.8, 4) is 17.2 Å². The molecule has 0 bridgehead atoms. The lowest BCUT2D eigenvalue weighted by molar-refractivity contribution is 0.0786. The van der Waals surface area contributed by atoms with Gasteiger partial charge in [0.05, 0.1) is 32.4 Å². The van der Waals surface area contributed by atoms with Crippen molar-refractivity contribution in [2.45, 2.75) is 13.1 Å². The molecule has 0 unspecified atom stereocenters. The number of fused-ring (bicyclic) bond motifs is 1. The second-order valence-electron chi connectivity index (χ2n) is 9.99. The fourth-order valence-electron chi connectivity index (χ4n) is 5.26. The second kappa shape index (κ2) is 12.3. The predicted molar refractivity (Wildman–Crippen MR) is 158 cm³/mol. The highest BCUT2D eigenvalue weighted by atomic mass is 16.5. The molecule has 8 heteroatoms. The molecule has 1 saturated heterocycles. The molecule has 2 heterocycles. The number of pyridine rings is 1. The number of nitrogens with zero attached hydrogens (tertiary/aromatic N) is 4. The Bertz CT molecular complexity index is 1440. The molecule has 1 aromatic heterocycles. The number of para-hydroxylation sites is 1. The number of anilines is 1. The summed E-state index contributed by atoms with van der Waals surface area (Å²) >= 11 is 0. The zero-order valence-corrected chi connectivity index (χ0v) is 23.6. The van der Waals surface area contributed by atoms with Crippen LogP contribution >= 0.6 is 0 Å². The van der Waals surface area contributed by atoms with Crippen molar-refractivity contribution in [3.05, 3.63) is 89.5 Å². The number of amides is 1. The summed E-state index contributed by atoms with van der Waals surface area (Å²) in [6.07, 6.45) is 0. The van der Waals surface area contributed by atoms with Crippen LogP contribution in [-0.2, 0) is 13.1 Å². The Kier molecular flexibility index (Phi) is 8.36. The summed E-state index contributed by atoms with van der Waals surface area (Å²) in [6.45, 7) is 4.90. The molecule has 0 N–H and O–H groups in total. The number of carbonyl (C=O) groups is 1. The largest absolute Gasteiger partial charge is 0.493 e. The third-order valence-electron chi connectivity index (χ3n) is 7.37. The number of hydrogen-bond acceptors (Lipinski definition) is 7. The van der Waals surface area contributed by atoms with Gasteiger partial charge < -0.3 is 24.0 Å². The highest BCUT2D eigenvalue weighted by Gasteiger charge is 2.23. The zero-order chi connectivity index (χ0) is 28.1. The van der Waals surface area contributed by atoms with Gasteiger partial charge in [-0.3, -0.25) is 9.69 Å². The standard InChI is InChI=1S/C32H36N4O4/c1-34(21-24-18-28(38-2)31(40-4)29(19-24)39-3)32(37)26-20-30(33-27-13-9-8-12-25(26)27)36-16-14-35(15-17-36)22-23-10-6-5-7-11-23/h5-13,18-20H,14-17,21-22H2,1-4H3. The smallest absolute Gasteiger partial charge is 0.254 e. The summed E-state index contributed by atoms with van der Waals surface area (Å²) in [5.41, 5.74) is 3.65. The van der Waals surface area contributed by atoms with Crippen molar-refractivity contribution in [2.75, 3.05) is 59.5 Å². The second-order valence-corrected chi connectivity index (χ2v) is 9.99. The number of carbonyl (C=O) groups excluding carboxylic acids is 1. The monoisotopic (exact) mass is 540 g/mol. The number of rotatable bonds is 9. The Morgan fingerprint density at radius 2 is 1.48 bits per heavy atom. The van der Waals surface area contributed by atoms with Crippen LogP contribution in [0.5, 0.6) is 17.2 Å². The predicted octanol–water partition coefficient (Wildman–Crippen LogP) is 4.86. The van der Waals surface area contributed by atoms with Gasteiger partial charge >= 0.3 is 0 Å². The van der Waals surface area contributed by atoms with E-state index in [2.05, 4.69) is 34.1 Å². The van der Waals surface area contributed by atoms with Crippen LogP contribution in [0.25, 0.3) is 10.9 Å². The first-order valence-corrected chi connectivity index (χ1v) is 13.5. The maximum Gasteiger partial charge on any atom is 0.254 e. The molecule has 0 atom stereocenters. The highest BCUT2D eigenvalue weighted by molar-refractivity contribution is 6.06. The van der Waals surface area contributed by atoms with Crippen molar-refractivity contribution in [2.24, 2.45) is 0 Å². The SMILES string of the molecule is COc1cc(CN(C)C(=O)c2cc(N3CCN(Cc4ccccc4)CC3)nc3ccccc23)cc(OC)c1OC. The summed E-state index contributed by atoms with van der Waals surface area (Å²) in [7, 11) is 6.55. The maximum atomic E-state index is 13.9. The van der Waals surface area contributed by atoms with Gasteiger partial charge in [-0.05, 0) is 35.4 Å². The minimum Gasteiger partial charge on any atom is -0.493 e. The van der Waals surface area contributed by atoms with E-state index < -0.39 is 0 Å². The van der Waals surface area contributed by atoms with Crippen molar-refractivity contribution in [3.63, 3.8) is 0 Å². The highest BCUT2D eigenvalue weighted by Crippen LogP contribution is 2.38. The number of hydrogen-bond donors (Lipinski definition) is 0. The van der Waals surface area contributed by atoms with Crippen LogP contribution in [0.15, 0.2) is 72.8 Å². The van der Waals surface area contributed by atoms with Crippen LogP contribution in [0.4, 0.5) is 5.82 Å². The number of piperazine rings is 1. The quantitative estimate of drug-likeness (QED) is 0.301. The van der Waals surface area contributed by atoms with Crippen LogP contribution < -0.4 is 19.1 Å². The van der Waals surface area contributed by atoms with Gasteiger partial charge in [-0.15, -0.1) is 0 Å². The first-order chi connectivity index (χ1) is 19.5. The van der Waals surface area contributed by atoms with Crippen LogP contribution in [0.3, 0.4) is 0 Å². The molecule has 0 saturated carbocycles. The Balaban J connectivity index is 1.36. The van der Waals surface area contributed by atoms with Gasteiger partial charge in [0, 0.05) is 51.7 Å². The lowest BCUT2D eigenvalue weighted by Crippen LogP contribution is -2.46. The molecule has 5 rings (SSSR count). The zero-order valence-electron chi connectivity index (χ0n) is 23.6. The normalized spacial score (nSPS) is 13.8. The fraction of sp³-hybridized carbons (Fsp3) is 0.312. The van der Waals surface area contributed by atoms with E-state index in [1.54, 1.807) is 26.2 Å². The molecule has 8 nitrogen and oxygen atoms in total. The lowest BCUT2D eigenvalue weighted by Gasteiger charge is -2.35. The number of ether oxygens (including phenoxy) is 3.